The Morgan fingerprint density at radius 3 is 1.89 bits per heavy atom. The summed E-state index contributed by atoms with van der Waals surface area (Å²) in [4.78, 5) is 0. The van der Waals surface area contributed by atoms with Crippen molar-refractivity contribution < 1.29 is 4.65 Å². The molecule has 1 nitrogen and oxygen atoms in total. The topological polar surface area (TPSA) is 9.23 Å². The van der Waals surface area contributed by atoms with Crippen LogP contribution in [0.2, 0.25) is 11.6 Å². The second-order valence-corrected chi connectivity index (χ2v) is 3.23. The summed E-state index contributed by atoms with van der Waals surface area (Å²) in [6.45, 7) is 5.08. The molecule has 0 N–H and O–H groups in total. The van der Waals surface area contributed by atoms with Crippen LogP contribution in [0, 0.1) is 0 Å². The Kier molecular flexibility index (Phi) is 2.17. The first-order valence-electron chi connectivity index (χ1n) is 3.78. The fourth-order valence-electron chi connectivity index (χ4n) is 1.88. The summed E-state index contributed by atoms with van der Waals surface area (Å²) in [5, 5.41) is 0. The lowest BCUT2D eigenvalue weighted by Crippen LogP contribution is -2.19. The lowest BCUT2D eigenvalue weighted by atomic mass is 9.53. The van der Waals surface area contributed by atoms with E-state index in [9.17, 15) is 0 Å². The standard InChI is InChI=1S/C7H15BO/c1-6-4-5-7(2)8(6)9-3/h6-7H,4-5H2,1-3H3/t6-,7+. The molecule has 52 valence electrons. The summed E-state index contributed by atoms with van der Waals surface area (Å²) in [6.07, 6.45) is 2.69. The van der Waals surface area contributed by atoms with Gasteiger partial charge in [0, 0.05) is 7.11 Å². The van der Waals surface area contributed by atoms with Crippen LogP contribution in [0.1, 0.15) is 26.7 Å². The molecule has 1 saturated heterocycles. The van der Waals surface area contributed by atoms with Crippen molar-refractivity contribution >= 4 is 6.92 Å². The van der Waals surface area contributed by atoms with Gasteiger partial charge in [0.25, 0.3) is 6.92 Å². The molecule has 0 aliphatic carbocycles. The molecule has 0 saturated carbocycles. The first-order valence-corrected chi connectivity index (χ1v) is 3.78. The molecule has 1 heterocycles. The quantitative estimate of drug-likeness (QED) is 0.489. The molecule has 2 atom stereocenters. The molecule has 0 amide bonds. The van der Waals surface area contributed by atoms with E-state index in [1.54, 1.807) is 0 Å². The minimum atomic E-state index is 0.532. The van der Waals surface area contributed by atoms with Gasteiger partial charge in [-0.3, -0.25) is 0 Å². The van der Waals surface area contributed by atoms with Crippen LogP contribution in [-0.4, -0.2) is 14.0 Å². The van der Waals surface area contributed by atoms with Gasteiger partial charge < -0.3 is 4.65 Å². The van der Waals surface area contributed by atoms with Gasteiger partial charge in [-0.25, -0.2) is 0 Å². The molecule has 0 unspecified atom stereocenters. The van der Waals surface area contributed by atoms with Crippen LogP contribution >= 0.6 is 0 Å². The van der Waals surface area contributed by atoms with Crippen molar-refractivity contribution in [3.05, 3.63) is 0 Å². The average Bonchev–Trinajstić information content (AvgIpc) is 2.12. The summed E-state index contributed by atoms with van der Waals surface area (Å²) < 4.78 is 5.34. The Hall–Kier alpha value is 0.0249. The molecule has 0 aromatic heterocycles. The molecule has 1 aliphatic heterocycles. The van der Waals surface area contributed by atoms with Gasteiger partial charge in [-0.1, -0.05) is 26.7 Å². The van der Waals surface area contributed by atoms with E-state index in [1.807, 2.05) is 7.11 Å². The van der Waals surface area contributed by atoms with Crippen LogP contribution in [-0.2, 0) is 4.65 Å². The zero-order valence-electron chi connectivity index (χ0n) is 6.55. The SMILES string of the molecule is COB1[C@H](C)CC[C@@H]1C. The Morgan fingerprint density at radius 2 is 1.67 bits per heavy atom. The second kappa shape index (κ2) is 2.74. The fourth-order valence-corrected chi connectivity index (χ4v) is 1.88. The summed E-state index contributed by atoms with van der Waals surface area (Å²) >= 11 is 0. The molecule has 0 bridgehead atoms. The maximum atomic E-state index is 5.34. The Bertz CT molecular complexity index is 84.9. The summed E-state index contributed by atoms with van der Waals surface area (Å²) in [7, 11) is 1.82. The van der Waals surface area contributed by atoms with E-state index >= 15 is 0 Å². The van der Waals surface area contributed by atoms with Crippen LogP contribution in [0.15, 0.2) is 0 Å². The third-order valence-electron chi connectivity index (χ3n) is 2.47. The van der Waals surface area contributed by atoms with E-state index in [4.69, 9.17) is 4.65 Å². The molecule has 0 spiro atoms. The van der Waals surface area contributed by atoms with Crippen molar-refractivity contribution in [2.75, 3.05) is 7.11 Å². The van der Waals surface area contributed by atoms with E-state index in [0.717, 1.165) is 11.6 Å². The van der Waals surface area contributed by atoms with Crippen molar-refractivity contribution in [3.8, 4) is 0 Å². The Morgan fingerprint density at radius 1 is 1.22 bits per heavy atom. The van der Waals surface area contributed by atoms with Crippen LogP contribution in [0.5, 0.6) is 0 Å². The first kappa shape index (κ1) is 7.14. The molecule has 0 aromatic rings. The van der Waals surface area contributed by atoms with Crippen LogP contribution in [0.3, 0.4) is 0 Å². The van der Waals surface area contributed by atoms with Crippen molar-refractivity contribution in [2.45, 2.75) is 38.3 Å². The fraction of sp³-hybridized carbons (Fsp3) is 1.00. The van der Waals surface area contributed by atoms with E-state index in [1.165, 1.54) is 12.8 Å². The van der Waals surface area contributed by atoms with Gasteiger partial charge in [0.15, 0.2) is 0 Å². The van der Waals surface area contributed by atoms with Crippen molar-refractivity contribution in [1.29, 1.82) is 0 Å². The van der Waals surface area contributed by atoms with Crippen LogP contribution < -0.4 is 0 Å². The van der Waals surface area contributed by atoms with Gasteiger partial charge in [-0.15, -0.1) is 0 Å². The zero-order valence-corrected chi connectivity index (χ0v) is 6.55. The average molecular weight is 126 g/mol. The van der Waals surface area contributed by atoms with Gasteiger partial charge in [-0.05, 0) is 11.6 Å². The van der Waals surface area contributed by atoms with E-state index in [0.29, 0.717) is 6.92 Å². The predicted molar refractivity (Wildman–Crippen MR) is 40.8 cm³/mol. The van der Waals surface area contributed by atoms with Crippen molar-refractivity contribution in [3.63, 3.8) is 0 Å². The van der Waals surface area contributed by atoms with Crippen LogP contribution in [0.25, 0.3) is 0 Å². The van der Waals surface area contributed by atoms with Crippen molar-refractivity contribution in [2.24, 2.45) is 0 Å². The lowest BCUT2D eigenvalue weighted by Gasteiger charge is -2.11. The summed E-state index contributed by atoms with van der Waals surface area (Å²) in [5.41, 5.74) is 0. The molecule has 1 rings (SSSR count). The normalized spacial score (nSPS) is 35.7. The number of hydrogen-bond donors (Lipinski definition) is 0. The highest BCUT2D eigenvalue weighted by atomic mass is 16.4. The van der Waals surface area contributed by atoms with Gasteiger partial charge in [0.05, 0.1) is 0 Å². The second-order valence-electron chi connectivity index (χ2n) is 3.23. The number of hydrogen-bond acceptors (Lipinski definition) is 1. The predicted octanol–water partition coefficient (Wildman–Crippen LogP) is 2.20. The van der Waals surface area contributed by atoms with E-state index in [2.05, 4.69) is 13.8 Å². The van der Waals surface area contributed by atoms with Gasteiger partial charge >= 0.3 is 0 Å². The third kappa shape index (κ3) is 1.29. The molecule has 9 heavy (non-hydrogen) atoms. The number of rotatable bonds is 1. The first-order chi connectivity index (χ1) is 4.25. The van der Waals surface area contributed by atoms with Gasteiger partial charge in [0.1, 0.15) is 0 Å². The van der Waals surface area contributed by atoms with Crippen molar-refractivity contribution in [1.82, 2.24) is 0 Å². The molecule has 1 fully saturated rings. The van der Waals surface area contributed by atoms with Crippen LogP contribution in [0.4, 0.5) is 0 Å². The zero-order chi connectivity index (χ0) is 6.85. The molecular formula is C7H15BO. The Balaban J connectivity index is 2.44. The van der Waals surface area contributed by atoms with Gasteiger partial charge in [0.2, 0.25) is 0 Å². The maximum Gasteiger partial charge on any atom is 0.298 e. The molecule has 1 aliphatic rings. The monoisotopic (exact) mass is 126 g/mol. The minimum Gasteiger partial charge on any atom is -0.438 e. The molecule has 0 radical (unpaired) electrons. The summed E-state index contributed by atoms with van der Waals surface area (Å²) in [5.74, 6) is 1.56. The largest absolute Gasteiger partial charge is 0.438 e. The Labute approximate surface area is 57.9 Å². The molecule has 2 heteroatoms. The van der Waals surface area contributed by atoms with E-state index < -0.39 is 0 Å². The highest BCUT2D eigenvalue weighted by Gasteiger charge is 2.34. The maximum absolute atomic E-state index is 5.34. The highest BCUT2D eigenvalue weighted by Crippen LogP contribution is 2.37. The molecule has 0 aromatic carbocycles. The van der Waals surface area contributed by atoms with Gasteiger partial charge in [-0.2, -0.15) is 0 Å². The minimum absolute atomic E-state index is 0.532. The highest BCUT2D eigenvalue weighted by molar-refractivity contribution is 6.56. The summed E-state index contributed by atoms with van der Waals surface area (Å²) in [6, 6.07) is 0. The lowest BCUT2D eigenvalue weighted by molar-refractivity contribution is 0.409. The van der Waals surface area contributed by atoms with E-state index in [-0.39, 0.29) is 0 Å². The third-order valence-corrected chi connectivity index (χ3v) is 2.47. The smallest absolute Gasteiger partial charge is 0.298 e. The molecular weight excluding hydrogens is 111 g/mol.